The Morgan fingerprint density at radius 3 is 2.12 bits per heavy atom. The minimum absolute atomic E-state index is 0.752. The molecule has 0 atom stereocenters. The molecule has 0 N–H and O–H groups in total. The first-order valence-corrected chi connectivity index (χ1v) is 5.76. The standard InChI is InChI=1S/C16H16O/c1-11-8-12(2)16(13(3)9-11)15-7-5-4-6-14(15)10-17/h4-10H,1-3H3. The molecular formula is C16H16O. The highest BCUT2D eigenvalue weighted by Gasteiger charge is 2.09. The Morgan fingerprint density at radius 1 is 0.941 bits per heavy atom. The van der Waals surface area contributed by atoms with Gasteiger partial charge in [-0.15, -0.1) is 0 Å². The lowest BCUT2D eigenvalue weighted by Gasteiger charge is -2.13. The molecule has 2 aromatic carbocycles. The van der Waals surface area contributed by atoms with E-state index in [9.17, 15) is 4.79 Å². The summed E-state index contributed by atoms with van der Waals surface area (Å²) in [5, 5.41) is 0. The molecule has 0 amide bonds. The predicted molar refractivity (Wildman–Crippen MR) is 71.5 cm³/mol. The first-order valence-electron chi connectivity index (χ1n) is 5.76. The number of hydrogen-bond donors (Lipinski definition) is 0. The van der Waals surface area contributed by atoms with E-state index in [1.54, 1.807) is 0 Å². The Labute approximate surface area is 102 Å². The van der Waals surface area contributed by atoms with E-state index in [4.69, 9.17) is 0 Å². The molecule has 0 heterocycles. The van der Waals surface area contributed by atoms with Gasteiger partial charge in [0.15, 0.2) is 6.29 Å². The fourth-order valence-corrected chi connectivity index (χ4v) is 2.43. The molecule has 0 spiro atoms. The predicted octanol–water partition coefficient (Wildman–Crippen LogP) is 4.09. The third kappa shape index (κ3) is 2.14. The highest BCUT2D eigenvalue weighted by molar-refractivity contribution is 5.89. The van der Waals surface area contributed by atoms with E-state index in [0.717, 1.165) is 17.4 Å². The Balaban J connectivity index is 2.72. The van der Waals surface area contributed by atoms with E-state index in [1.165, 1.54) is 22.3 Å². The van der Waals surface area contributed by atoms with Crippen LogP contribution in [0.15, 0.2) is 36.4 Å². The molecule has 0 radical (unpaired) electrons. The second kappa shape index (κ2) is 4.54. The van der Waals surface area contributed by atoms with E-state index in [2.05, 4.69) is 32.9 Å². The van der Waals surface area contributed by atoms with Crippen LogP contribution in [0.25, 0.3) is 11.1 Å². The monoisotopic (exact) mass is 224 g/mol. The van der Waals surface area contributed by atoms with Gasteiger partial charge in [-0.1, -0.05) is 42.0 Å². The van der Waals surface area contributed by atoms with Crippen LogP contribution in [0.2, 0.25) is 0 Å². The molecular weight excluding hydrogens is 208 g/mol. The topological polar surface area (TPSA) is 17.1 Å². The van der Waals surface area contributed by atoms with Gasteiger partial charge in [-0.05, 0) is 43.0 Å². The average molecular weight is 224 g/mol. The van der Waals surface area contributed by atoms with Crippen LogP contribution >= 0.6 is 0 Å². The normalized spacial score (nSPS) is 10.3. The average Bonchev–Trinajstić information content (AvgIpc) is 2.28. The largest absolute Gasteiger partial charge is 0.298 e. The summed E-state index contributed by atoms with van der Waals surface area (Å²) in [4.78, 5) is 11.1. The molecule has 0 bridgehead atoms. The van der Waals surface area contributed by atoms with Crippen LogP contribution in [-0.4, -0.2) is 6.29 Å². The molecule has 0 saturated carbocycles. The van der Waals surface area contributed by atoms with Crippen molar-refractivity contribution >= 4 is 6.29 Å². The van der Waals surface area contributed by atoms with Gasteiger partial charge in [0.2, 0.25) is 0 Å². The van der Waals surface area contributed by atoms with Crippen LogP contribution in [0.5, 0.6) is 0 Å². The second-order valence-corrected chi connectivity index (χ2v) is 4.48. The van der Waals surface area contributed by atoms with Crippen LogP contribution in [0.3, 0.4) is 0 Å². The van der Waals surface area contributed by atoms with Gasteiger partial charge in [-0.3, -0.25) is 4.79 Å². The van der Waals surface area contributed by atoms with Crippen molar-refractivity contribution in [2.24, 2.45) is 0 Å². The van der Waals surface area contributed by atoms with Gasteiger partial charge >= 0.3 is 0 Å². The molecule has 2 rings (SSSR count). The van der Waals surface area contributed by atoms with Crippen molar-refractivity contribution in [3.8, 4) is 11.1 Å². The summed E-state index contributed by atoms with van der Waals surface area (Å²) in [5.74, 6) is 0. The molecule has 0 saturated heterocycles. The Morgan fingerprint density at radius 2 is 1.53 bits per heavy atom. The summed E-state index contributed by atoms with van der Waals surface area (Å²) >= 11 is 0. The van der Waals surface area contributed by atoms with Gasteiger partial charge in [-0.25, -0.2) is 0 Å². The fraction of sp³-hybridized carbons (Fsp3) is 0.188. The summed E-state index contributed by atoms with van der Waals surface area (Å²) in [6, 6.07) is 12.1. The summed E-state index contributed by atoms with van der Waals surface area (Å²) in [5.41, 5.74) is 6.65. The maximum Gasteiger partial charge on any atom is 0.150 e. The van der Waals surface area contributed by atoms with Crippen LogP contribution in [0.1, 0.15) is 27.0 Å². The zero-order valence-electron chi connectivity index (χ0n) is 10.4. The number of carbonyl (C=O) groups excluding carboxylic acids is 1. The fourth-order valence-electron chi connectivity index (χ4n) is 2.43. The van der Waals surface area contributed by atoms with E-state index in [1.807, 2.05) is 24.3 Å². The van der Waals surface area contributed by atoms with Gasteiger partial charge in [0, 0.05) is 5.56 Å². The van der Waals surface area contributed by atoms with Crippen LogP contribution in [0.4, 0.5) is 0 Å². The zero-order chi connectivity index (χ0) is 12.4. The molecule has 0 aromatic heterocycles. The second-order valence-electron chi connectivity index (χ2n) is 4.48. The van der Waals surface area contributed by atoms with Gasteiger partial charge < -0.3 is 0 Å². The minimum Gasteiger partial charge on any atom is -0.298 e. The third-order valence-electron chi connectivity index (χ3n) is 3.03. The first-order chi connectivity index (χ1) is 8.13. The third-order valence-corrected chi connectivity index (χ3v) is 3.03. The van der Waals surface area contributed by atoms with Crippen LogP contribution in [-0.2, 0) is 0 Å². The molecule has 1 nitrogen and oxygen atoms in total. The Kier molecular flexibility index (Phi) is 3.10. The molecule has 1 heteroatoms. The zero-order valence-corrected chi connectivity index (χ0v) is 10.4. The lowest BCUT2D eigenvalue weighted by Crippen LogP contribution is -1.93. The quantitative estimate of drug-likeness (QED) is 0.702. The molecule has 0 unspecified atom stereocenters. The molecule has 0 aliphatic heterocycles. The molecule has 0 aliphatic carbocycles. The van der Waals surface area contributed by atoms with Gasteiger partial charge in [0.25, 0.3) is 0 Å². The highest BCUT2D eigenvalue weighted by atomic mass is 16.1. The lowest BCUT2D eigenvalue weighted by atomic mass is 9.91. The number of hydrogen-bond acceptors (Lipinski definition) is 1. The Bertz CT molecular complexity index is 544. The van der Waals surface area contributed by atoms with Gasteiger partial charge in [0.05, 0.1) is 0 Å². The van der Waals surface area contributed by atoms with Gasteiger partial charge in [-0.2, -0.15) is 0 Å². The van der Waals surface area contributed by atoms with Crippen molar-refractivity contribution in [3.05, 3.63) is 58.7 Å². The number of rotatable bonds is 2. The lowest BCUT2D eigenvalue weighted by molar-refractivity contribution is 0.112. The van der Waals surface area contributed by atoms with Gasteiger partial charge in [0.1, 0.15) is 0 Å². The van der Waals surface area contributed by atoms with E-state index in [-0.39, 0.29) is 0 Å². The summed E-state index contributed by atoms with van der Waals surface area (Å²) in [6.07, 6.45) is 0.925. The maximum absolute atomic E-state index is 11.1. The molecule has 0 aliphatic rings. The summed E-state index contributed by atoms with van der Waals surface area (Å²) in [6.45, 7) is 6.28. The molecule has 17 heavy (non-hydrogen) atoms. The van der Waals surface area contributed by atoms with Crippen molar-refractivity contribution in [1.29, 1.82) is 0 Å². The maximum atomic E-state index is 11.1. The SMILES string of the molecule is Cc1cc(C)c(-c2ccccc2C=O)c(C)c1. The molecule has 2 aromatic rings. The number of aryl methyl sites for hydroxylation is 3. The number of carbonyl (C=O) groups is 1. The van der Waals surface area contributed by atoms with Crippen LogP contribution < -0.4 is 0 Å². The first kappa shape index (κ1) is 11.6. The van der Waals surface area contributed by atoms with E-state index < -0.39 is 0 Å². The summed E-state index contributed by atoms with van der Waals surface area (Å²) in [7, 11) is 0. The highest BCUT2D eigenvalue weighted by Crippen LogP contribution is 2.30. The molecule has 0 fully saturated rings. The van der Waals surface area contributed by atoms with Crippen LogP contribution in [0, 0.1) is 20.8 Å². The molecule has 86 valence electrons. The van der Waals surface area contributed by atoms with Crippen molar-refractivity contribution < 1.29 is 4.79 Å². The van der Waals surface area contributed by atoms with Crippen molar-refractivity contribution in [2.75, 3.05) is 0 Å². The smallest absolute Gasteiger partial charge is 0.150 e. The number of aldehydes is 1. The Hall–Kier alpha value is -1.89. The van der Waals surface area contributed by atoms with E-state index >= 15 is 0 Å². The number of benzene rings is 2. The minimum atomic E-state index is 0.752. The van der Waals surface area contributed by atoms with Crippen molar-refractivity contribution in [3.63, 3.8) is 0 Å². The van der Waals surface area contributed by atoms with Crippen molar-refractivity contribution in [2.45, 2.75) is 20.8 Å². The van der Waals surface area contributed by atoms with E-state index in [0.29, 0.717) is 0 Å². The van der Waals surface area contributed by atoms with Crippen molar-refractivity contribution in [1.82, 2.24) is 0 Å². The summed E-state index contributed by atoms with van der Waals surface area (Å²) < 4.78 is 0.